The quantitative estimate of drug-likeness (QED) is 0.410. The van der Waals surface area contributed by atoms with Gasteiger partial charge in [-0.1, -0.05) is 17.7 Å². The van der Waals surface area contributed by atoms with Crippen molar-refractivity contribution in [2.75, 3.05) is 16.8 Å². The van der Waals surface area contributed by atoms with Crippen molar-refractivity contribution in [2.45, 2.75) is 42.1 Å². The molecule has 2 saturated carbocycles. The third kappa shape index (κ3) is 5.02. The molecule has 2 unspecified atom stereocenters. The van der Waals surface area contributed by atoms with Gasteiger partial charge in [-0.3, -0.25) is 9.48 Å². The van der Waals surface area contributed by atoms with Crippen molar-refractivity contribution in [1.29, 1.82) is 0 Å². The highest BCUT2D eigenvalue weighted by Gasteiger charge is 2.51. The molecule has 0 spiro atoms. The number of sulfone groups is 1. The van der Waals surface area contributed by atoms with Crippen LogP contribution in [0.4, 0.5) is 20.3 Å². The zero-order valence-corrected chi connectivity index (χ0v) is 22.1. The van der Waals surface area contributed by atoms with Gasteiger partial charge in [0.15, 0.2) is 9.84 Å². The van der Waals surface area contributed by atoms with Crippen molar-refractivity contribution < 1.29 is 27.1 Å². The molecule has 2 fully saturated rings. The molecule has 3 aromatic rings. The summed E-state index contributed by atoms with van der Waals surface area (Å²) in [5.41, 5.74) is 5.84. The second-order valence-corrected chi connectivity index (χ2v) is 12.8. The van der Waals surface area contributed by atoms with Crippen LogP contribution in [0.3, 0.4) is 0 Å². The number of rotatable bonds is 6. The summed E-state index contributed by atoms with van der Waals surface area (Å²) in [6.07, 6.45) is 1.76. The minimum absolute atomic E-state index is 0.0303. The molecule has 12 heteroatoms. The first kappa shape index (κ1) is 26.6. The van der Waals surface area contributed by atoms with Crippen LogP contribution in [0.1, 0.15) is 47.7 Å². The molecule has 2 aromatic carbocycles. The first-order valence-corrected chi connectivity index (χ1v) is 14.2. The third-order valence-electron chi connectivity index (χ3n) is 7.65. The molecule has 4 N–H and O–H groups in total. The number of aliphatic hydroxyl groups is 1. The van der Waals surface area contributed by atoms with Crippen LogP contribution in [-0.2, 0) is 16.9 Å². The summed E-state index contributed by atoms with van der Waals surface area (Å²) in [4.78, 5) is 13.0. The predicted octanol–water partition coefficient (Wildman–Crippen LogP) is 4.29. The average Bonchev–Trinajstić information content (AvgIpc) is 3.44. The van der Waals surface area contributed by atoms with Crippen molar-refractivity contribution in [3.8, 4) is 0 Å². The Hall–Kier alpha value is -3.02. The number of nitrogens with one attached hydrogen (secondary N) is 1. The summed E-state index contributed by atoms with van der Waals surface area (Å²) in [6.45, 7) is 0. The van der Waals surface area contributed by atoms with E-state index < -0.39 is 38.7 Å². The molecule has 38 heavy (non-hydrogen) atoms. The number of hydrogen-bond acceptors (Lipinski definition) is 6. The van der Waals surface area contributed by atoms with Gasteiger partial charge < -0.3 is 16.2 Å². The average molecular weight is 565 g/mol. The zero-order valence-electron chi connectivity index (χ0n) is 20.5. The van der Waals surface area contributed by atoms with Crippen LogP contribution in [0.15, 0.2) is 47.4 Å². The smallest absolute Gasteiger partial charge is 0.261 e. The highest BCUT2D eigenvalue weighted by molar-refractivity contribution is 7.91. The molecule has 2 aliphatic carbocycles. The van der Waals surface area contributed by atoms with E-state index in [9.17, 15) is 27.1 Å². The van der Waals surface area contributed by atoms with Crippen molar-refractivity contribution in [1.82, 2.24) is 9.78 Å². The first-order valence-electron chi connectivity index (χ1n) is 12.1. The predicted molar refractivity (Wildman–Crippen MR) is 139 cm³/mol. The highest BCUT2D eigenvalue weighted by Crippen LogP contribution is 2.54. The van der Waals surface area contributed by atoms with E-state index in [1.807, 2.05) is 0 Å². The van der Waals surface area contributed by atoms with Crippen LogP contribution in [-0.4, -0.2) is 40.6 Å². The van der Waals surface area contributed by atoms with Crippen LogP contribution >= 0.6 is 11.6 Å². The summed E-state index contributed by atoms with van der Waals surface area (Å²) in [6, 6.07) is 8.63. The molecular formula is C26H27ClF2N4O4S. The standard InChI is InChI=1S/C26H27ClF2N4O4S/c1-33-24(30)22(25(34)31-18-5-6-21(29)20(27)10-18)23(32-33)14-7-15-11-26(35,12-16(15)8-14)13-38(36,37)19-4-2-3-17(28)9-19/h2-6,9-10,14-16,35H,7-8,11-13,30H2,1H3,(H,31,34). The number of nitrogen functional groups attached to an aromatic ring is 1. The van der Waals surface area contributed by atoms with Gasteiger partial charge in [-0.25, -0.2) is 17.2 Å². The maximum Gasteiger partial charge on any atom is 0.261 e. The number of nitrogens with two attached hydrogens (primary N) is 1. The molecule has 1 aromatic heterocycles. The Morgan fingerprint density at radius 3 is 2.53 bits per heavy atom. The number of carbonyl (C=O) groups is 1. The maximum atomic E-state index is 13.6. The Labute approximate surface area is 223 Å². The second-order valence-electron chi connectivity index (χ2n) is 10.4. The van der Waals surface area contributed by atoms with Gasteiger partial charge in [-0.05, 0) is 73.9 Å². The summed E-state index contributed by atoms with van der Waals surface area (Å²) in [5.74, 6) is -2.11. The fourth-order valence-electron chi connectivity index (χ4n) is 6.05. The van der Waals surface area contributed by atoms with Gasteiger partial charge in [0.05, 0.1) is 27.0 Å². The summed E-state index contributed by atoms with van der Waals surface area (Å²) in [7, 11) is -2.25. The lowest BCUT2D eigenvalue weighted by molar-refractivity contribution is 0.0611. The van der Waals surface area contributed by atoms with E-state index in [2.05, 4.69) is 10.4 Å². The van der Waals surface area contributed by atoms with E-state index in [1.54, 1.807) is 7.05 Å². The molecular weight excluding hydrogens is 538 g/mol. The van der Waals surface area contributed by atoms with E-state index in [0.29, 0.717) is 24.2 Å². The Kier molecular flexibility index (Phi) is 6.73. The second kappa shape index (κ2) is 9.62. The normalized spacial score (nSPS) is 24.9. The minimum Gasteiger partial charge on any atom is -0.389 e. The molecule has 2 aliphatic rings. The van der Waals surface area contributed by atoms with Gasteiger partial charge in [-0.2, -0.15) is 5.10 Å². The van der Waals surface area contributed by atoms with Gasteiger partial charge in [0.1, 0.15) is 23.0 Å². The Bertz CT molecular complexity index is 1510. The fraction of sp³-hybridized carbons (Fsp3) is 0.385. The highest BCUT2D eigenvalue weighted by atomic mass is 35.5. The van der Waals surface area contributed by atoms with Crippen LogP contribution in [0.2, 0.25) is 5.02 Å². The number of halogens is 3. The first-order chi connectivity index (χ1) is 17.8. The maximum absolute atomic E-state index is 13.6. The molecule has 8 nitrogen and oxygen atoms in total. The number of anilines is 2. The lowest BCUT2D eigenvalue weighted by Gasteiger charge is -2.24. The number of nitrogens with zero attached hydrogens (tertiary/aromatic N) is 2. The number of amides is 1. The van der Waals surface area contributed by atoms with Crippen molar-refractivity contribution in [3.05, 3.63) is 70.4 Å². The number of fused-ring (bicyclic) bond motifs is 1. The molecule has 1 heterocycles. The molecule has 0 radical (unpaired) electrons. The van der Waals surface area contributed by atoms with Crippen LogP contribution in [0, 0.1) is 23.5 Å². The van der Waals surface area contributed by atoms with Gasteiger partial charge in [0, 0.05) is 18.7 Å². The lowest BCUT2D eigenvalue weighted by Crippen LogP contribution is -2.35. The molecule has 0 aliphatic heterocycles. The minimum atomic E-state index is -3.89. The number of aromatic nitrogens is 2. The third-order valence-corrected chi connectivity index (χ3v) is 9.83. The SMILES string of the molecule is Cn1nc(C2CC3CC(O)(CS(=O)(=O)c4cccc(F)c4)CC3C2)c(C(=O)Nc2ccc(F)c(Cl)c2)c1N. The molecule has 0 bridgehead atoms. The van der Waals surface area contributed by atoms with Gasteiger partial charge in [-0.15, -0.1) is 0 Å². The van der Waals surface area contributed by atoms with Gasteiger partial charge >= 0.3 is 0 Å². The van der Waals surface area contributed by atoms with Crippen LogP contribution in [0.5, 0.6) is 0 Å². The fourth-order valence-corrected chi connectivity index (χ4v) is 7.92. The molecule has 5 rings (SSSR count). The van der Waals surface area contributed by atoms with E-state index in [1.165, 1.54) is 35.0 Å². The number of carbonyl (C=O) groups excluding carboxylic acids is 1. The summed E-state index contributed by atoms with van der Waals surface area (Å²) >= 11 is 5.83. The summed E-state index contributed by atoms with van der Waals surface area (Å²) in [5, 5.41) is 18.3. The van der Waals surface area contributed by atoms with Crippen molar-refractivity contribution in [2.24, 2.45) is 18.9 Å². The van der Waals surface area contributed by atoms with Gasteiger partial charge in [0.25, 0.3) is 5.91 Å². The topological polar surface area (TPSA) is 127 Å². The van der Waals surface area contributed by atoms with E-state index in [0.717, 1.165) is 12.1 Å². The zero-order chi connectivity index (χ0) is 27.4. The van der Waals surface area contributed by atoms with Crippen molar-refractivity contribution in [3.63, 3.8) is 0 Å². The van der Waals surface area contributed by atoms with E-state index >= 15 is 0 Å². The number of benzene rings is 2. The molecule has 2 atom stereocenters. The van der Waals surface area contributed by atoms with E-state index in [-0.39, 0.29) is 51.9 Å². The Morgan fingerprint density at radius 1 is 1.21 bits per heavy atom. The largest absolute Gasteiger partial charge is 0.389 e. The molecule has 1 amide bonds. The Balaban J connectivity index is 1.31. The van der Waals surface area contributed by atoms with Gasteiger partial charge in [0.2, 0.25) is 0 Å². The molecule has 202 valence electrons. The number of hydrogen-bond donors (Lipinski definition) is 3. The monoisotopic (exact) mass is 564 g/mol. The summed E-state index contributed by atoms with van der Waals surface area (Å²) < 4.78 is 54.3. The Morgan fingerprint density at radius 2 is 1.89 bits per heavy atom. The van der Waals surface area contributed by atoms with Crippen LogP contribution in [0.25, 0.3) is 0 Å². The molecule has 0 saturated heterocycles. The number of aryl methyl sites for hydroxylation is 1. The van der Waals surface area contributed by atoms with E-state index in [4.69, 9.17) is 17.3 Å². The lowest BCUT2D eigenvalue weighted by atomic mass is 9.92. The van der Waals surface area contributed by atoms with Crippen LogP contribution < -0.4 is 11.1 Å². The van der Waals surface area contributed by atoms with Crippen molar-refractivity contribution >= 4 is 38.9 Å².